The number of nitrogens with zero attached hydrogens (tertiary/aromatic N) is 1. The average molecular weight is 328 g/mol. The molecule has 0 fully saturated rings. The quantitative estimate of drug-likeness (QED) is 0.666. The zero-order valence-electron chi connectivity index (χ0n) is 14.1. The highest BCUT2D eigenvalue weighted by Crippen LogP contribution is 2.25. The molecule has 0 spiro atoms. The van der Waals surface area contributed by atoms with Crippen molar-refractivity contribution in [1.82, 2.24) is 0 Å². The van der Waals surface area contributed by atoms with Crippen LogP contribution in [0.3, 0.4) is 0 Å². The number of ether oxygens (including phenoxy) is 1. The molecule has 0 radical (unpaired) electrons. The minimum Gasteiger partial charge on any atom is -0.481 e. The molecular formula is C18H20N2O4. The number of anilines is 1. The Morgan fingerprint density at radius 3 is 2.54 bits per heavy atom. The maximum Gasteiger partial charge on any atom is 0.274 e. The number of hydrogen-bond donors (Lipinski definition) is 1. The summed E-state index contributed by atoms with van der Waals surface area (Å²) in [6.45, 7) is 7.14. The van der Waals surface area contributed by atoms with Crippen LogP contribution in [0.4, 0.5) is 11.4 Å². The van der Waals surface area contributed by atoms with Crippen LogP contribution in [0, 0.1) is 30.9 Å². The molecule has 6 nitrogen and oxygen atoms in total. The van der Waals surface area contributed by atoms with Crippen LogP contribution in [0.2, 0.25) is 0 Å². The number of carbonyl (C=O) groups excluding carboxylic acids is 1. The van der Waals surface area contributed by atoms with E-state index in [-0.39, 0.29) is 11.6 Å². The second-order valence-corrected chi connectivity index (χ2v) is 5.73. The lowest BCUT2D eigenvalue weighted by atomic mass is 10.1. The number of carbonyl (C=O) groups is 1. The molecule has 6 heteroatoms. The second-order valence-electron chi connectivity index (χ2n) is 5.73. The molecule has 2 aromatic rings. The van der Waals surface area contributed by atoms with Crippen molar-refractivity contribution in [1.29, 1.82) is 0 Å². The predicted octanol–water partition coefficient (Wildman–Crippen LogP) is 3.93. The van der Waals surface area contributed by atoms with Gasteiger partial charge >= 0.3 is 0 Å². The average Bonchev–Trinajstić information content (AvgIpc) is 2.51. The fourth-order valence-electron chi connectivity index (χ4n) is 2.37. The lowest BCUT2D eigenvalue weighted by molar-refractivity contribution is -0.385. The number of rotatable bonds is 5. The van der Waals surface area contributed by atoms with E-state index in [4.69, 9.17) is 4.74 Å². The van der Waals surface area contributed by atoms with E-state index in [1.807, 2.05) is 32.0 Å². The highest BCUT2D eigenvalue weighted by molar-refractivity contribution is 5.95. The van der Waals surface area contributed by atoms with Crippen molar-refractivity contribution >= 4 is 17.3 Å². The fourth-order valence-corrected chi connectivity index (χ4v) is 2.37. The summed E-state index contributed by atoms with van der Waals surface area (Å²) in [7, 11) is 0. The van der Waals surface area contributed by atoms with E-state index in [1.54, 1.807) is 19.9 Å². The molecule has 0 unspecified atom stereocenters. The van der Waals surface area contributed by atoms with Gasteiger partial charge in [-0.05, 0) is 45.4 Å². The van der Waals surface area contributed by atoms with Gasteiger partial charge < -0.3 is 10.1 Å². The molecule has 1 amide bonds. The Balaban J connectivity index is 2.12. The van der Waals surface area contributed by atoms with Crippen molar-refractivity contribution < 1.29 is 14.5 Å². The molecule has 0 saturated carbocycles. The van der Waals surface area contributed by atoms with Gasteiger partial charge in [0.2, 0.25) is 0 Å². The Labute approximate surface area is 140 Å². The minimum atomic E-state index is -0.731. The largest absolute Gasteiger partial charge is 0.481 e. The summed E-state index contributed by atoms with van der Waals surface area (Å²) in [6, 6.07) is 10.3. The summed E-state index contributed by atoms with van der Waals surface area (Å²) in [4.78, 5) is 22.8. The van der Waals surface area contributed by atoms with E-state index in [1.165, 1.54) is 12.1 Å². The van der Waals surface area contributed by atoms with Crippen LogP contribution in [0.25, 0.3) is 0 Å². The van der Waals surface area contributed by atoms with Crippen LogP contribution >= 0.6 is 0 Å². The molecule has 0 aliphatic rings. The highest BCUT2D eigenvalue weighted by Gasteiger charge is 2.19. The third kappa shape index (κ3) is 3.90. The van der Waals surface area contributed by atoms with E-state index in [9.17, 15) is 14.9 Å². The molecule has 126 valence electrons. The monoisotopic (exact) mass is 328 g/mol. The van der Waals surface area contributed by atoms with Crippen molar-refractivity contribution in [2.24, 2.45) is 0 Å². The number of nitro benzene ring substituents is 1. The molecule has 1 atom stereocenters. The van der Waals surface area contributed by atoms with E-state index < -0.39 is 11.0 Å². The first-order valence-electron chi connectivity index (χ1n) is 7.58. The molecule has 0 heterocycles. The first-order valence-corrected chi connectivity index (χ1v) is 7.58. The Hall–Kier alpha value is -2.89. The molecule has 0 bridgehead atoms. The number of amides is 1. The van der Waals surface area contributed by atoms with Gasteiger partial charge in [0.15, 0.2) is 6.10 Å². The molecule has 0 aliphatic carbocycles. The molecular weight excluding hydrogens is 308 g/mol. The smallest absolute Gasteiger partial charge is 0.274 e. The normalized spacial score (nSPS) is 11.7. The third-order valence-corrected chi connectivity index (χ3v) is 3.76. The van der Waals surface area contributed by atoms with Gasteiger partial charge in [0, 0.05) is 6.07 Å². The Morgan fingerprint density at radius 1 is 1.21 bits per heavy atom. The molecule has 1 N–H and O–H groups in total. The first kappa shape index (κ1) is 17.5. The topological polar surface area (TPSA) is 81.5 Å². The number of benzene rings is 2. The minimum absolute atomic E-state index is 0.0317. The molecule has 0 aromatic heterocycles. The predicted molar refractivity (Wildman–Crippen MR) is 92.5 cm³/mol. The fraction of sp³-hybridized carbons (Fsp3) is 0.278. The standard InChI is InChI=1S/C18H20N2O4/c1-11-8-9-17(12(2)10-11)24-14(4)18(21)19-15-6-5-7-16(13(15)3)20(22)23/h5-10,14H,1-4H3,(H,19,21)/t14-/m0/s1. The van der Waals surface area contributed by atoms with Gasteiger partial charge in [-0.3, -0.25) is 14.9 Å². The highest BCUT2D eigenvalue weighted by atomic mass is 16.6. The molecule has 2 aromatic carbocycles. The Morgan fingerprint density at radius 2 is 1.92 bits per heavy atom. The van der Waals surface area contributed by atoms with Crippen LogP contribution in [0.15, 0.2) is 36.4 Å². The van der Waals surface area contributed by atoms with Crippen molar-refractivity contribution in [2.75, 3.05) is 5.32 Å². The maximum atomic E-state index is 12.3. The van der Waals surface area contributed by atoms with Crippen molar-refractivity contribution in [3.63, 3.8) is 0 Å². The maximum absolute atomic E-state index is 12.3. The van der Waals surface area contributed by atoms with Gasteiger partial charge in [-0.2, -0.15) is 0 Å². The number of nitro groups is 1. The van der Waals surface area contributed by atoms with Gasteiger partial charge in [0.05, 0.1) is 16.2 Å². The van der Waals surface area contributed by atoms with Gasteiger partial charge in [-0.1, -0.05) is 23.8 Å². The SMILES string of the molecule is Cc1ccc(O[C@@H](C)C(=O)Nc2cccc([N+](=O)[O-])c2C)c(C)c1. The van der Waals surface area contributed by atoms with Crippen LogP contribution in [-0.4, -0.2) is 16.9 Å². The lowest BCUT2D eigenvalue weighted by Gasteiger charge is -2.17. The van der Waals surface area contributed by atoms with Crippen molar-refractivity contribution in [3.05, 3.63) is 63.2 Å². The number of hydrogen-bond acceptors (Lipinski definition) is 4. The number of nitrogens with one attached hydrogen (secondary N) is 1. The van der Waals surface area contributed by atoms with Gasteiger partial charge in [0.1, 0.15) is 5.75 Å². The summed E-state index contributed by atoms with van der Waals surface area (Å²) in [5.74, 6) is 0.276. The van der Waals surface area contributed by atoms with Crippen molar-refractivity contribution in [3.8, 4) is 5.75 Å². The molecule has 0 aliphatic heterocycles. The molecule has 24 heavy (non-hydrogen) atoms. The third-order valence-electron chi connectivity index (χ3n) is 3.76. The molecule has 2 rings (SSSR count). The second kappa shape index (κ2) is 7.12. The summed E-state index contributed by atoms with van der Waals surface area (Å²) < 4.78 is 5.71. The zero-order valence-corrected chi connectivity index (χ0v) is 14.1. The molecule has 0 saturated heterocycles. The van der Waals surface area contributed by atoms with Gasteiger partial charge in [-0.25, -0.2) is 0 Å². The lowest BCUT2D eigenvalue weighted by Crippen LogP contribution is -2.30. The van der Waals surface area contributed by atoms with Crippen LogP contribution in [0.1, 0.15) is 23.6 Å². The Kier molecular flexibility index (Phi) is 5.18. The summed E-state index contributed by atoms with van der Waals surface area (Å²) in [5, 5.41) is 13.7. The van der Waals surface area contributed by atoms with Crippen molar-refractivity contribution in [2.45, 2.75) is 33.8 Å². The van der Waals surface area contributed by atoms with Crippen LogP contribution in [0.5, 0.6) is 5.75 Å². The van der Waals surface area contributed by atoms with Gasteiger partial charge in [0.25, 0.3) is 11.6 Å². The zero-order chi connectivity index (χ0) is 17.9. The van der Waals surface area contributed by atoms with E-state index in [0.29, 0.717) is 17.0 Å². The van der Waals surface area contributed by atoms with Crippen LogP contribution in [-0.2, 0) is 4.79 Å². The van der Waals surface area contributed by atoms with E-state index in [2.05, 4.69) is 5.32 Å². The summed E-state index contributed by atoms with van der Waals surface area (Å²) in [5.41, 5.74) is 2.85. The van der Waals surface area contributed by atoms with E-state index >= 15 is 0 Å². The summed E-state index contributed by atoms with van der Waals surface area (Å²) in [6.07, 6.45) is -0.731. The number of aryl methyl sites for hydroxylation is 2. The van der Waals surface area contributed by atoms with Crippen LogP contribution < -0.4 is 10.1 Å². The Bertz CT molecular complexity index is 787. The van der Waals surface area contributed by atoms with E-state index in [0.717, 1.165) is 11.1 Å². The van der Waals surface area contributed by atoms with Gasteiger partial charge in [-0.15, -0.1) is 0 Å². The first-order chi connectivity index (χ1) is 11.3. The summed E-state index contributed by atoms with van der Waals surface area (Å²) >= 11 is 0.